The fourth-order valence-corrected chi connectivity index (χ4v) is 4.47. The van der Waals surface area contributed by atoms with Gasteiger partial charge in [-0.2, -0.15) is 28.6 Å². The molecule has 138 valence electrons. The van der Waals surface area contributed by atoms with E-state index in [1.54, 1.807) is 24.0 Å². The average molecular weight is 364 g/mol. The van der Waals surface area contributed by atoms with Gasteiger partial charge in [0, 0.05) is 13.1 Å². The fraction of sp³-hybridized carbons (Fsp3) is 0.500. The Hall–Kier alpha value is -2.38. The van der Waals surface area contributed by atoms with E-state index in [1.165, 1.54) is 6.07 Å². The molecule has 1 saturated heterocycles. The van der Waals surface area contributed by atoms with Gasteiger partial charge in [-0.25, -0.2) is 0 Å². The molecule has 1 aromatic heterocycles. The Morgan fingerprint density at radius 3 is 2.38 bits per heavy atom. The van der Waals surface area contributed by atoms with Crippen molar-refractivity contribution in [1.82, 2.24) is 20.3 Å². The summed E-state index contributed by atoms with van der Waals surface area (Å²) in [5.41, 5.74) is 0.740. The molecular formula is C18H19F3N4O. The first-order valence-electron chi connectivity index (χ1n) is 8.67. The van der Waals surface area contributed by atoms with Crippen LogP contribution in [0.1, 0.15) is 46.1 Å². The number of likely N-dealkylation sites (tertiary alicyclic amines) is 1. The molecule has 2 heterocycles. The number of aromatic nitrogens is 3. The Morgan fingerprint density at radius 1 is 1.15 bits per heavy atom. The van der Waals surface area contributed by atoms with Gasteiger partial charge in [0.2, 0.25) is 0 Å². The second kappa shape index (κ2) is 6.10. The number of hydrogen-bond donors (Lipinski definition) is 1. The first-order chi connectivity index (χ1) is 12.3. The van der Waals surface area contributed by atoms with Gasteiger partial charge in [0.05, 0.1) is 11.3 Å². The van der Waals surface area contributed by atoms with Crippen LogP contribution in [-0.2, 0) is 6.18 Å². The quantitative estimate of drug-likeness (QED) is 0.888. The van der Waals surface area contributed by atoms with Crippen LogP contribution in [0.4, 0.5) is 13.2 Å². The summed E-state index contributed by atoms with van der Waals surface area (Å²) in [6, 6.07) is 5.85. The minimum absolute atomic E-state index is 0.103. The maximum atomic E-state index is 13.3. The summed E-state index contributed by atoms with van der Waals surface area (Å²) in [6.07, 6.45) is -2.97. The molecule has 1 aliphatic heterocycles. The zero-order valence-electron chi connectivity index (χ0n) is 14.3. The number of amides is 1. The van der Waals surface area contributed by atoms with Crippen molar-refractivity contribution in [3.05, 3.63) is 46.8 Å². The number of halogens is 3. The van der Waals surface area contributed by atoms with Crippen molar-refractivity contribution in [3.8, 4) is 0 Å². The van der Waals surface area contributed by atoms with Gasteiger partial charge in [-0.3, -0.25) is 4.79 Å². The van der Waals surface area contributed by atoms with Crippen LogP contribution < -0.4 is 0 Å². The van der Waals surface area contributed by atoms with E-state index in [0.29, 0.717) is 42.9 Å². The van der Waals surface area contributed by atoms with Gasteiger partial charge in [-0.15, -0.1) is 0 Å². The monoisotopic (exact) mass is 364 g/mol. The van der Waals surface area contributed by atoms with E-state index in [9.17, 15) is 18.0 Å². The Labute approximate surface area is 148 Å². The van der Waals surface area contributed by atoms with E-state index < -0.39 is 11.7 Å². The van der Waals surface area contributed by atoms with E-state index in [0.717, 1.165) is 6.07 Å². The molecule has 2 unspecified atom stereocenters. The maximum Gasteiger partial charge on any atom is 0.416 e. The number of carbonyl (C=O) groups excluding carboxylic acids is 1. The Kier molecular flexibility index (Phi) is 4.00. The molecule has 26 heavy (non-hydrogen) atoms. The Balaban J connectivity index is 1.48. The molecular weight excluding hydrogens is 345 g/mol. The smallest absolute Gasteiger partial charge is 0.337 e. The third-order valence-electron chi connectivity index (χ3n) is 5.67. The highest BCUT2D eigenvalue weighted by Gasteiger charge is 2.45. The number of rotatable bonds is 2. The second-order valence-corrected chi connectivity index (χ2v) is 7.24. The minimum Gasteiger partial charge on any atom is -0.337 e. The SMILES string of the molecule is Cc1n[nH]nc1C(=O)N1CC2CC(c3ccccc3C(F)(F)F)CC2C1. The Morgan fingerprint density at radius 2 is 1.81 bits per heavy atom. The summed E-state index contributed by atoms with van der Waals surface area (Å²) in [7, 11) is 0. The van der Waals surface area contributed by atoms with E-state index >= 15 is 0 Å². The third kappa shape index (κ3) is 2.87. The molecule has 2 atom stereocenters. The standard InChI is InChI=1S/C18H19F3N4O/c1-10-16(23-24-22-10)17(26)25-8-12-6-11(7-13(12)9-25)14-4-2-3-5-15(14)18(19,20)21/h2-5,11-13H,6-9H2,1H3,(H,22,23,24). The maximum absolute atomic E-state index is 13.3. The van der Waals surface area contributed by atoms with Crippen LogP contribution in [0.2, 0.25) is 0 Å². The van der Waals surface area contributed by atoms with Crippen LogP contribution >= 0.6 is 0 Å². The lowest BCUT2D eigenvalue weighted by Gasteiger charge is -2.21. The summed E-state index contributed by atoms with van der Waals surface area (Å²) in [4.78, 5) is 14.3. The molecule has 0 spiro atoms. The highest BCUT2D eigenvalue weighted by Crippen LogP contribution is 2.48. The highest BCUT2D eigenvalue weighted by molar-refractivity contribution is 5.93. The van der Waals surface area contributed by atoms with E-state index in [2.05, 4.69) is 15.4 Å². The lowest BCUT2D eigenvalue weighted by molar-refractivity contribution is -0.138. The molecule has 0 bridgehead atoms. The van der Waals surface area contributed by atoms with Crippen molar-refractivity contribution in [2.24, 2.45) is 11.8 Å². The molecule has 8 heteroatoms. The molecule has 5 nitrogen and oxygen atoms in total. The average Bonchev–Trinajstić information content (AvgIpc) is 3.27. The lowest BCUT2D eigenvalue weighted by Crippen LogP contribution is -2.30. The number of nitrogens with zero attached hydrogens (tertiary/aromatic N) is 3. The molecule has 2 aromatic rings. The molecule has 1 aromatic carbocycles. The zero-order chi connectivity index (χ0) is 18.5. The number of benzene rings is 1. The number of carbonyl (C=O) groups is 1. The highest BCUT2D eigenvalue weighted by atomic mass is 19.4. The number of nitrogens with one attached hydrogen (secondary N) is 1. The fourth-order valence-electron chi connectivity index (χ4n) is 4.47. The number of aryl methyl sites for hydroxylation is 1. The van der Waals surface area contributed by atoms with Crippen LogP contribution in [0.15, 0.2) is 24.3 Å². The van der Waals surface area contributed by atoms with Gasteiger partial charge in [0.25, 0.3) is 5.91 Å². The number of H-pyrrole nitrogens is 1. The van der Waals surface area contributed by atoms with Crippen molar-refractivity contribution in [1.29, 1.82) is 0 Å². The summed E-state index contributed by atoms with van der Waals surface area (Å²) in [6.45, 7) is 2.86. The van der Waals surface area contributed by atoms with Crippen LogP contribution in [0.5, 0.6) is 0 Å². The lowest BCUT2D eigenvalue weighted by atomic mass is 9.91. The normalized spacial score (nSPS) is 25.5. The van der Waals surface area contributed by atoms with Crippen molar-refractivity contribution in [3.63, 3.8) is 0 Å². The van der Waals surface area contributed by atoms with Gasteiger partial charge in [0.1, 0.15) is 0 Å². The number of alkyl halides is 3. The first kappa shape index (κ1) is 17.1. The van der Waals surface area contributed by atoms with Crippen LogP contribution in [0.3, 0.4) is 0 Å². The minimum atomic E-state index is -4.33. The first-order valence-corrected chi connectivity index (χ1v) is 8.67. The van der Waals surface area contributed by atoms with Crippen molar-refractivity contribution in [2.45, 2.75) is 31.9 Å². The van der Waals surface area contributed by atoms with Crippen molar-refractivity contribution >= 4 is 5.91 Å². The predicted molar refractivity (Wildman–Crippen MR) is 87.4 cm³/mol. The van der Waals surface area contributed by atoms with Gasteiger partial charge in [-0.1, -0.05) is 18.2 Å². The van der Waals surface area contributed by atoms with Gasteiger partial charge in [-0.05, 0) is 49.1 Å². The molecule has 2 aliphatic rings. The zero-order valence-corrected chi connectivity index (χ0v) is 14.3. The summed E-state index contributed by atoms with van der Waals surface area (Å²) >= 11 is 0. The number of hydrogen-bond acceptors (Lipinski definition) is 3. The van der Waals surface area contributed by atoms with Gasteiger partial charge < -0.3 is 4.90 Å². The Bertz CT molecular complexity index is 818. The predicted octanol–water partition coefficient (Wildman–Crippen LogP) is 3.40. The molecule has 1 N–H and O–H groups in total. The largest absolute Gasteiger partial charge is 0.416 e. The van der Waals surface area contributed by atoms with Gasteiger partial charge in [0.15, 0.2) is 5.69 Å². The number of fused-ring (bicyclic) bond motifs is 1. The third-order valence-corrected chi connectivity index (χ3v) is 5.67. The summed E-state index contributed by atoms with van der Waals surface area (Å²) in [5.74, 6) is 0.210. The number of aromatic amines is 1. The topological polar surface area (TPSA) is 61.9 Å². The molecule has 4 rings (SSSR count). The van der Waals surface area contributed by atoms with E-state index in [4.69, 9.17) is 0 Å². The van der Waals surface area contributed by atoms with Crippen LogP contribution in [0, 0.1) is 18.8 Å². The molecule has 1 amide bonds. The van der Waals surface area contributed by atoms with E-state index in [1.807, 2.05) is 0 Å². The molecule has 0 radical (unpaired) electrons. The van der Waals surface area contributed by atoms with Crippen molar-refractivity contribution in [2.75, 3.05) is 13.1 Å². The second-order valence-electron chi connectivity index (χ2n) is 7.24. The molecule has 1 aliphatic carbocycles. The molecule has 1 saturated carbocycles. The molecule has 2 fully saturated rings. The summed E-state index contributed by atoms with van der Waals surface area (Å²) < 4.78 is 39.9. The summed E-state index contributed by atoms with van der Waals surface area (Å²) in [5, 5.41) is 10.2. The van der Waals surface area contributed by atoms with Crippen molar-refractivity contribution < 1.29 is 18.0 Å². The van der Waals surface area contributed by atoms with Crippen LogP contribution in [-0.4, -0.2) is 39.3 Å². The van der Waals surface area contributed by atoms with E-state index in [-0.39, 0.29) is 23.7 Å². The van der Waals surface area contributed by atoms with Gasteiger partial charge >= 0.3 is 6.18 Å². The van der Waals surface area contributed by atoms with Crippen LogP contribution in [0.25, 0.3) is 0 Å².